The Hall–Kier alpha value is -1.89. The van der Waals surface area contributed by atoms with Gasteiger partial charge in [0, 0.05) is 19.3 Å². The molecule has 0 rings (SSSR count). The van der Waals surface area contributed by atoms with Crippen molar-refractivity contribution in [2.45, 2.75) is 161 Å². The van der Waals surface area contributed by atoms with E-state index in [0.717, 1.165) is 25.8 Å². The summed E-state index contributed by atoms with van der Waals surface area (Å²) < 4.78 is 0.643. The van der Waals surface area contributed by atoms with Gasteiger partial charge in [-0.05, 0) is 25.7 Å². The van der Waals surface area contributed by atoms with Crippen molar-refractivity contribution in [2.24, 2.45) is 0 Å². The first-order valence-corrected chi connectivity index (χ1v) is 16.9. The summed E-state index contributed by atoms with van der Waals surface area (Å²) in [7, 11) is 0. The highest BCUT2D eigenvalue weighted by atomic mass is 16.4. The van der Waals surface area contributed by atoms with Gasteiger partial charge < -0.3 is 19.8 Å². The van der Waals surface area contributed by atoms with Crippen LogP contribution in [0.1, 0.15) is 161 Å². The highest BCUT2D eigenvalue weighted by Gasteiger charge is 2.27. The lowest BCUT2D eigenvalue weighted by Crippen LogP contribution is -2.51. The minimum absolute atomic E-state index is 0.0921. The van der Waals surface area contributed by atoms with Gasteiger partial charge in [0.25, 0.3) is 0 Å². The fourth-order valence-electron chi connectivity index (χ4n) is 5.93. The molecular weight excluding hydrogens is 518 g/mol. The van der Waals surface area contributed by atoms with Gasteiger partial charge in [0.2, 0.25) is 0 Å². The van der Waals surface area contributed by atoms with Gasteiger partial charge in [-0.1, -0.05) is 102 Å². The van der Waals surface area contributed by atoms with E-state index in [1.165, 1.54) is 103 Å². The average Bonchev–Trinajstić information content (AvgIpc) is 2.91. The number of rotatable bonds is 33. The van der Waals surface area contributed by atoms with Crippen LogP contribution in [0.5, 0.6) is 0 Å². The maximum Gasteiger partial charge on any atom is 0.303 e. The second kappa shape index (κ2) is 28.2. The lowest BCUT2D eigenvalue weighted by atomic mass is 10.0. The number of hydrogen-bond acceptors (Lipinski definition) is 3. The first-order valence-electron chi connectivity index (χ1n) is 16.9. The van der Waals surface area contributed by atoms with Gasteiger partial charge in [-0.25, -0.2) is 0 Å². The van der Waals surface area contributed by atoms with Crippen LogP contribution in [0.3, 0.4) is 0 Å². The highest BCUT2D eigenvalue weighted by molar-refractivity contribution is 5.67. The summed E-state index contributed by atoms with van der Waals surface area (Å²) >= 11 is 0. The van der Waals surface area contributed by atoms with Crippen LogP contribution in [0, 0.1) is 0 Å². The van der Waals surface area contributed by atoms with Gasteiger partial charge in [0.15, 0.2) is 0 Å². The molecule has 240 valence electrons. The van der Waals surface area contributed by atoms with E-state index in [9.17, 15) is 14.4 Å². The second-order valence-electron chi connectivity index (χ2n) is 12.2. The molecule has 7 heteroatoms. The molecule has 0 saturated heterocycles. The number of allylic oxidation sites excluding steroid dienone is 1. The normalized spacial score (nSPS) is 11.5. The van der Waals surface area contributed by atoms with Gasteiger partial charge in [-0.2, -0.15) is 0 Å². The van der Waals surface area contributed by atoms with Crippen LogP contribution in [-0.4, -0.2) is 63.9 Å². The smallest absolute Gasteiger partial charge is 0.303 e. The molecule has 0 heterocycles. The van der Waals surface area contributed by atoms with Crippen LogP contribution in [0.4, 0.5) is 0 Å². The van der Waals surface area contributed by atoms with Crippen LogP contribution in [0.15, 0.2) is 12.7 Å². The van der Waals surface area contributed by atoms with Crippen molar-refractivity contribution in [2.75, 3.05) is 26.2 Å². The van der Waals surface area contributed by atoms with Crippen molar-refractivity contribution in [1.29, 1.82) is 0 Å². The zero-order chi connectivity index (χ0) is 30.4. The molecule has 3 N–H and O–H groups in total. The third kappa shape index (κ3) is 28.0. The Morgan fingerprint density at radius 2 is 0.659 bits per heavy atom. The predicted octanol–water partition coefficient (Wildman–Crippen LogP) is 9.00. The molecule has 0 radical (unpaired) electrons. The minimum Gasteiger partial charge on any atom is -0.481 e. The molecule has 0 aromatic rings. The number of carboxylic acid groups (broad SMARTS) is 3. The van der Waals surface area contributed by atoms with Crippen LogP contribution >= 0.6 is 0 Å². The molecule has 0 atom stereocenters. The lowest BCUT2D eigenvalue weighted by molar-refractivity contribution is -0.929. The summed E-state index contributed by atoms with van der Waals surface area (Å²) in [6.07, 6.45) is 28.7. The number of quaternary nitrogens is 1. The molecule has 0 aliphatic rings. The summed E-state index contributed by atoms with van der Waals surface area (Å²) in [4.78, 5) is 33.2. The Morgan fingerprint density at radius 1 is 0.415 bits per heavy atom. The monoisotopic (exact) mass is 582 g/mol. The Labute approximate surface area is 251 Å². The first-order chi connectivity index (χ1) is 19.8. The Balaban J connectivity index is 4.03. The molecule has 0 bridgehead atoms. The van der Waals surface area contributed by atoms with Crippen LogP contribution in [0.25, 0.3) is 0 Å². The summed E-state index contributed by atoms with van der Waals surface area (Å²) in [6.45, 7) is 6.65. The standard InChI is InChI=1S/C34H63NO6/c1-2-3-4-5-6-7-8-9-10-11-12-13-14-15-16-17-18-19-20-21-28-35(29-22-25-32(36)37,30-23-26-33(38)39)31-24-27-34(40)41/h2H,1,3-31H2,(H2-,36,37,38,39,40,41)/p+1. The topological polar surface area (TPSA) is 112 Å². The van der Waals surface area contributed by atoms with Gasteiger partial charge in [0.1, 0.15) is 0 Å². The van der Waals surface area contributed by atoms with Crippen molar-refractivity contribution >= 4 is 17.9 Å². The van der Waals surface area contributed by atoms with E-state index >= 15 is 0 Å². The number of hydrogen-bond donors (Lipinski definition) is 3. The molecule has 41 heavy (non-hydrogen) atoms. The molecule has 0 aliphatic carbocycles. The molecule has 0 amide bonds. The van der Waals surface area contributed by atoms with Gasteiger partial charge >= 0.3 is 17.9 Å². The van der Waals surface area contributed by atoms with Crippen molar-refractivity contribution in [1.82, 2.24) is 0 Å². The summed E-state index contributed by atoms with van der Waals surface area (Å²) in [5, 5.41) is 27.3. The van der Waals surface area contributed by atoms with Gasteiger partial charge in [-0.15, -0.1) is 6.58 Å². The van der Waals surface area contributed by atoms with Crippen molar-refractivity contribution < 1.29 is 34.2 Å². The molecule has 0 spiro atoms. The van der Waals surface area contributed by atoms with Crippen LogP contribution in [-0.2, 0) is 14.4 Å². The number of aliphatic carboxylic acids is 3. The first kappa shape index (κ1) is 39.1. The Kier molecular flexibility index (Phi) is 26.9. The molecule has 0 aliphatic heterocycles. The highest BCUT2D eigenvalue weighted by Crippen LogP contribution is 2.19. The fraction of sp³-hybridized carbons (Fsp3) is 0.853. The van der Waals surface area contributed by atoms with Gasteiger partial charge in [0.05, 0.1) is 45.4 Å². The van der Waals surface area contributed by atoms with Crippen molar-refractivity contribution in [3.63, 3.8) is 0 Å². The third-order valence-electron chi connectivity index (χ3n) is 8.36. The zero-order valence-electron chi connectivity index (χ0n) is 26.3. The molecule has 0 fully saturated rings. The fourth-order valence-corrected chi connectivity index (χ4v) is 5.93. The van der Waals surface area contributed by atoms with E-state index in [4.69, 9.17) is 15.3 Å². The second-order valence-corrected chi connectivity index (χ2v) is 12.2. The molecule has 0 aromatic carbocycles. The van der Waals surface area contributed by atoms with E-state index in [2.05, 4.69) is 6.58 Å². The maximum atomic E-state index is 11.1. The average molecular weight is 583 g/mol. The molecule has 0 aromatic heterocycles. The number of carboxylic acids is 3. The Bertz CT molecular complexity index is 615. The molecule has 0 saturated carbocycles. The van der Waals surface area contributed by atoms with Crippen LogP contribution < -0.4 is 0 Å². The van der Waals surface area contributed by atoms with E-state index in [1.54, 1.807) is 0 Å². The van der Waals surface area contributed by atoms with Crippen molar-refractivity contribution in [3.05, 3.63) is 12.7 Å². The number of nitrogens with zero attached hydrogens (tertiary/aromatic N) is 1. The van der Waals surface area contributed by atoms with Crippen LogP contribution in [0.2, 0.25) is 0 Å². The molecule has 7 nitrogen and oxygen atoms in total. The van der Waals surface area contributed by atoms with E-state index < -0.39 is 17.9 Å². The number of carbonyl (C=O) groups is 3. The minimum atomic E-state index is -0.823. The SMILES string of the molecule is C=CCCCCCCCCCCCCCCCCCCCC[N+](CCCC(=O)O)(CCCC(=O)O)CCCC(=O)O. The summed E-state index contributed by atoms with van der Waals surface area (Å²) in [5.74, 6) is -2.47. The molecule has 0 unspecified atom stereocenters. The third-order valence-corrected chi connectivity index (χ3v) is 8.36. The van der Waals surface area contributed by atoms with Crippen molar-refractivity contribution in [3.8, 4) is 0 Å². The lowest BCUT2D eigenvalue weighted by Gasteiger charge is -2.39. The molecular formula is C34H64NO6+. The predicted molar refractivity (Wildman–Crippen MR) is 168 cm³/mol. The zero-order valence-corrected chi connectivity index (χ0v) is 26.3. The maximum absolute atomic E-state index is 11.1. The Morgan fingerprint density at radius 3 is 0.927 bits per heavy atom. The van der Waals surface area contributed by atoms with E-state index in [1.807, 2.05) is 6.08 Å². The number of unbranched alkanes of at least 4 members (excludes halogenated alkanes) is 18. The quantitative estimate of drug-likeness (QED) is 0.0404. The summed E-state index contributed by atoms with van der Waals surface area (Å²) in [6, 6.07) is 0. The summed E-state index contributed by atoms with van der Waals surface area (Å²) in [5.41, 5.74) is 0. The van der Waals surface area contributed by atoms with E-state index in [0.29, 0.717) is 43.4 Å². The van der Waals surface area contributed by atoms with Gasteiger partial charge in [-0.3, -0.25) is 14.4 Å². The van der Waals surface area contributed by atoms with E-state index in [-0.39, 0.29) is 19.3 Å². The largest absolute Gasteiger partial charge is 0.481 e.